The van der Waals surface area contributed by atoms with E-state index in [0.717, 1.165) is 16.2 Å². The van der Waals surface area contributed by atoms with Crippen LogP contribution in [0.15, 0.2) is 52.0 Å². The molecular formula is C15H14ClN3O2S. The molecule has 0 aliphatic carbocycles. The minimum atomic E-state index is -0.382. The van der Waals surface area contributed by atoms with Gasteiger partial charge in [-0.2, -0.15) is 5.10 Å². The van der Waals surface area contributed by atoms with E-state index in [1.807, 2.05) is 24.4 Å². The van der Waals surface area contributed by atoms with Gasteiger partial charge in [0.1, 0.15) is 0 Å². The van der Waals surface area contributed by atoms with Gasteiger partial charge in [-0.25, -0.2) is 5.43 Å². The molecule has 0 saturated carbocycles. The number of oxime groups is 1. The first kappa shape index (κ1) is 16.2. The average molecular weight is 336 g/mol. The summed E-state index contributed by atoms with van der Waals surface area (Å²) in [6.07, 6.45) is 1.52. The monoisotopic (exact) mass is 335 g/mol. The van der Waals surface area contributed by atoms with Crippen LogP contribution in [-0.2, 0) is 9.63 Å². The average Bonchev–Trinajstić information content (AvgIpc) is 3.03. The van der Waals surface area contributed by atoms with Crippen molar-refractivity contribution in [1.29, 1.82) is 0 Å². The molecule has 0 radical (unpaired) electrons. The predicted molar refractivity (Wildman–Crippen MR) is 89.7 cm³/mol. The van der Waals surface area contributed by atoms with Crippen LogP contribution in [0, 0.1) is 0 Å². The number of nitrogens with one attached hydrogen (secondary N) is 1. The largest absolute Gasteiger partial charge is 0.385 e. The quantitative estimate of drug-likeness (QED) is 0.650. The van der Waals surface area contributed by atoms with Crippen LogP contribution in [0.2, 0.25) is 5.02 Å². The Morgan fingerprint density at radius 2 is 2.14 bits per heavy atom. The van der Waals surface area contributed by atoms with Crippen molar-refractivity contribution in [2.45, 2.75) is 6.92 Å². The summed E-state index contributed by atoms with van der Waals surface area (Å²) >= 11 is 7.33. The highest BCUT2D eigenvalue weighted by molar-refractivity contribution is 7.12. The van der Waals surface area contributed by atoms with Gasteiger partial charge in [-0.05, 0) is 36.1 Å². The van der Waals surface area contributed by atoms with Crippen LogP contribution in [0.5, 0.6) is 0 Å². The molecule has 0 fully saturated rings. The van der Waals surface area contributed by atoms with E-state index in [9.17, 15) is 4.79 Å². The van der Waals surface area contributed by atoms with Gasteiger partial charge in [0, 0.05) is 5.02 Å². The molecule has 7 heteroatoms. The highest BCUT2D eigenvalue weighted by Gasteiger charge is 2.01. The molecule has 0 spiro atoms. The first-order valence-corrected chi connectivity index (χ1v) is 7.69. The van der Waals surface area contributed by atoms with Crippen molar-refractivity contribution in [3.05, 3.63) is 57.2 Å². The summed E-state index contributed by atoms with van der Waals surface area (Å²) in [6.45, 7) is 1.63. The Hall–Kier alpha value is -2.18. The van der Waals surface area contributed by atoms with Crippen LogP contribution in [0.3, 0.4) is 0 Å². The highest BCUT2D eigenvalue weighted by atomic mass is 35.5. The number of hydrazone groups is 1. The molecule has 0 bridgehead atoms. The van der Waals surface area contributed by atoms with Crippen LogP contribution in [0.1, 0.15) is 17.4 Å². The van der Waals surface area contributed by atoms with E-state index >= 15 is 0 Å². The summed E-state index contributed by atoms with van der Waals surface area (Å²) in [7, 11) is 0. The molecule has 22 heavy (non-hydrogen) atoms. The number of carbonyl (C=O) groups is 1. The number of rotatable bonds is 6. The summed E-state index contributed by atoms with van der Waals surface area (Å²) in [4.78, 5) is 17.5. The molecule has 1 aromatic heterocycles. The number of nitrogens with zero attached hydrogens (tertiary/aromatic N) is 2. The summed E-state index contributed by atoms with van der Waals surface area (Å²) in [5, 5.41) is 10.3. The van der Waals surface area contributed by atoms with E-state index in [4.69, 9.17) is 16.4 Å². The maximum absolute atomic E-state index is 11.5. The second-order valence-electron chi connectivity index (χ2n) is 4.27. The second-order valence-corrected chi connectivity index (χ2v) is 5.66. The van der Waals surface area contributed by atoms with Gasteiger partial charge in [0.15, 0.2) is 6.61 Å². The van der Waals surface area contributed by atoms with E-state index in [-0.39, 0.29) is 12.5 Å². The Kier molecular flexibility index (Phi) is 6.12. The Morgan fingerprint density at radius 1 is 1.36 bits per heavy atom. The number of hydrogen-bond acceptors (Lipinski definition) is 5. The summed E-state index contributed by atoms with van der Waals surface area (Å²) in [5.74, 6) is -0.382. The van der Waals surface area contributed by atoms with Crippen molar-refractivity contribution in [3.8, 4) is 0 Å². The molecule has 1 aromatic carbocycles. The number of halogens is 1. The van der Waals surface area contributed by atoms with Gasteiger partial charge < -0.3 is 4.84 Å². The Morgan fingerprint density at radius 3 is 2.82 bits per heavy atom. The van der Waals surface area contributed by atoms with Crippen LogP contribution < -0.4 is 5.43 Å². The molecule has 0 saturated heterocycles. The van der Waals surface area contributed by atoms with Crippen LogP contribution in [-0.4, -0.2) is 24.4 Å². The van der Waals surface area contributed by atoms with Gasteiger partial charge >= 0.3 is 0 Å². The van der Waals surface area contributed by atoms with Crippen LogP contribution in [0.25, 0.3) is 0 Å². The fourth-order valence-electron chi connectivity index (χ4n) is 1.48. The molecule has 0 aliphatic rings. The normalized spacial score (nSPS) is 11.6. The smallest absolute Gasteiger partial charge is 0.280 e. The van der Waals surface area contributed by atoms with Crippen molar-refractivity contribution in [2.24, 2.45) is 10.3 Å². The molecule has 114 valence electrons. The van der Waals surface area contributed by atoms with Gasteiger partial charge in [-0.1, -0.05) is 35.0 Å². The third-order valence-electron chi connectivity index (χ3n) is 2.55. The van der Waals surface area contributed by atoms with E-state index < -0.39 is 0 Å². The number of carbonyl (C=O) groups excluding carboxylic acids is 1. The van der Waals surface area contributed by atoms with Crippen molar-refractivity contribution in [1.82, 2.24) is 5.43 Å². The number of amides is 1. The number of benzene rings is 1. The molecule has 5 nitrogen and oxygen atoms in total. The van der Waals surface area contributed by atoms with E-state index in [2.05, 4.69) is 15.7 Å². The first-order valence-electron chi connectivity index (χ1n) is 6.43. The minimum absolute atomic E-state index is 0.194. The van der Waals surface area contributed by atoms with Crippen molar-refractivity contribution in [2.75, 3.05) is 6.61 Å². The zero-order chi connectivity index (χ0) is 15.8. The molecule has 0 atom stereocenters. The third kappa shape index (κ3) is 5.31. The molecular weight excluding hydrogens is 322 g/mol. The Bertz CT molecular complexity index is 667. The van der Waals surface area contributed by atoms with Gasteiger partial charge in [0.25, 0.3) is 5.91 Å². The molecule has 1 heterocycles. The van der Waals surface area contributed by atoms with Crippen LogP contribution in [0.4, 0.5) is 0 Å². The Balaban J connectivity index is 1.74. The maximum atomic E-state index is 11.5. The van der Waals surface area contributed by atoms with Gasteiger partial charge in [-0.15, -0.1) is 11.3 Å². The lowest BCUT2D eigenvalue weighted by Gasteiger charge is -2.00. The molecule has 0 aliphatic heterocycles. The lowest BCUT2D eigenvalue weighted by Crippen LogP contribution is -2.22. The van der Waals surface area contributed by atoms with Crippen molar-refractivity contribution >= 4 is 40.8 Å². The van der Waals surface area contributed by atoms with E-state index in [0.29, 0.717) is 5.02 Å². The third-order valence-corrected chi connectivity index (χ3v) is 3.78. The van der Waals surface area contributed by atoms with E-state index in [1.54, 1.807) is 35.6 Å². The summed E-state index contributed by atoms with van der Waals surface area (Å²) < 4.78 is 0. The zero-order valence-electron chi connectivity index (χ0n) is 11.8. The summed E-state index contributed by atoms with van der Waals surface area (Å²) in [5.41, 5.74) is 3.92. The predicted octanol–water partition coefficient (Wildman–Crippen LogP) is 3.29. The molecule has 1 N–H and O–H groups in total. The fourth-order valence-corrected chi connectivity index (χ4v) is 2.27. The number of hydrogen-bond donors (Lipinski definition) is 1. The molecule has 0 unspecified atom stereocenters. The lowest BCUT2D eigenvalue weighted by atomic mass is 10.2. The first-order chi connectivity index (χ1) is 10.6. The maximum Gasteiger partial charge on any atom is 0.280 e. The molecule has 2 rings (SSSR count). The zero-order valence-corrected chi connectivity index (χ0v) is 13.4. The number of thiophene rings is 1. The van der Waals surface area contributed by atoms with Gasteiger partial charge in [-0.3, -0.25) is 4.79 Å². The van der Waals surface area contributed by atoms with Crippen LogP contribution >= 0.6 is 22.9 Å². The van der Waals surface area contributed by atoms with Crippen molar-refractivity contribution < 1.29 is 9.63 Å². The fraction of sp³-hybridized carbons (Fsp3) is 0.133. The van der Waals surface area contributed by atoms with E-state index in [1.165, 1.54) is 6.21 Å². The minimum Gasteiger partial charge on any atom is -0.385 e. The summed E-state index contributed by atoms with van der Waals surface area (Å²) in [6, 6.07) is 10.9. The topological polar surface area (TPSA) is 63.0 Å². The second kappa shape index (κ2) is 8.31. The SMILES string of the molecule is CC(=NOCC(=O)NN=Cc1ccc(Cl)cc1)c1cccs1. The van der Waals surface area contributed by atoms with Gasteiger partial charge in [0.2, 0.25) is 0 Å². The van der Waals surface area contributed by atoms with Crippen molar-refractivity contribution in [3.63, 3.8) is 0 Å². The standard InChI is InChI=1S/C15H14ClN3O2S/c1-11(14-3-2-8-22-14)19-21-10-15(20)18-17-9-12-4-6-13(16)7-5-12/h2-9H,10H2,1H3,(H,18,20). The highest BCUT2D eigenvalue weighted by Crippen LogP contribution is 2.10. The Labute approximate surface area is 137 Å². The molecule has 1 amide bonds. The van der Waals surface area contributed by atoms with Gasteiger partial charge in [0.05, 0.1) is 16.8 Å². The lowest BCUT2D eigenvalue weighted by molar-refractivity contribution is -0.125. The molecule has 2 aromatic rings.